The fraction of sp³-hybridized carbons (Fsp3) is 0.435. The average molecular weight is 576 g/mol. The summed E-state index contributed by atoms with van der Waals surface area (Å²) in [6.45, 7) is 5.18. The van der Waals surface area contributed by atoms with Gasteiger partial charge in [0.05, 0.1) is 24.9 Å². The van der Waals surface area contributed by atoms with Gasteiger partial charge in [-0.1, -0.05) is 31.2 Å². The SMILES string of the molecule is CCNC(=NCCc1ccc(OC)c(OC)c1)NC(CC)CS(=O)(=O)c1ccccc1.I. The molecule has 0 saturated carbocycles. The maximum atomic E-state index is 12.7. The van der Waals surface area contributed by atoms with Gasteiger partial charge in [0.1, 0.15) is 0 Å². The summed E-state index contributed by atoms with van der Waals surface area (Å²) in [5.41, 5.74) is 1.08. The fourth-order valence-corrected chi connectivity index (χ4v) is 4.71. The zero-order chi connectivity index (χ0) is 22.7. The molecule has 0 aliphatic carbocycles. The second-order valence-corrected chi connectivity index (χ2v) is 9.08. The van der Waals surface area contributed by atoms with Gasteiger partial charge in [0.15, 0.2) is 27.3 Å². The van der Waals surface area contributed by atoms with Crippen LogP contribution in [-0.2, 0) is 16.3 Å². The molecule has 1 unspecified atom stereocenters. The predicted molar refractivity (Wildman–Crippen MR) is 140 cm³/mol. The molecule has 0 fully saturated rings. The first-order valence-corrected chi connectivity index (χ1v) is 12.1. The van der Waals surface area contributed by atoms with Crippen molar-refractivity contribution in [3.63, 3.8) is 0 Å². The summed E-state index contributed by atoms with van der Waals surface area (Å²) < 4.78 is 36.1. The van der Waals surface area contributed by atoms with Crippen LogP contribution in [0.3, 0.4) is 0 Å². The maximum absolute atomic E-state index is 12.7. The van der Waals surface area contributed by atoms with Gasteiger partial charge in [-0.05, 0) is 49.6 Å². The third-order valence-corrected chi connectivity index (χ3v) is 6.65. The first-order chi connectivity index (χ1) is 14.9. The lowest BCUT2D eigenvalue weighted by molar-refractivity contribution is 0.354. The van der Waals surface area contributed by atoms with E-state index in [2.05, 4.69) is 15.6 Å². The zero-order valence-electron chi connectivity index (χ0n) is 19.1. The second-order valence-electron chi connectivity index (χ2n) is 7.04. The number of nitrogens with zero attached hydrogens (tertiary/aromatic N) is 1. The molecular formula is C23H34IN3O4S. The highest BCUT2D eigenvalue weighted by molar-refractivity contribution is 14.0. The van der Waals surface area contributed by atoms with Gasteiger partial charge >= 0.3 is 0 Å². The first kappa shape index (κ1) is 28.0. The maximum Gasteiger partial charge on any atom is 0.191 e. The Kier molecular flexibility index (Phi) is 12.4. The number of ether oxygens (including phenoxy) is 2. The van der Waals surface area contributed by atoms with Crippen molar-refractivity contribution in [3.8, 4) is 11.5 Å². The van der Waals surface area contributed by atoms with Gasteiger partial charge in [0.2, 0.25) is 0 Å². The van der Waals surface area contributed by atoms with Gasteiger partial charge in [-0.2, -0.15) is 0 Å². The lowest BCUT2D eigenvalue weighted by Crippen LogP contribution is -2.46. The average Bonchev–Trinajstić information content (AvgIpc) is 2.79. The molecule has 7 nitrogen and oxygen atoms in total. The normalized spacial score (nSPS) is 12.4. The van der Waals surface area contributed by atoms with Gasteiger partial charge in [-0.15, -0.1) is 24.0 Å². The van der Waals surface area contributed by atoms with E-state index < -0.39 is 9.84 Å². The molecule has 0 spiro atoms. The van der Waals surface area contributed by atoms with Gasteiger partial charge in [-0.3, -0.25) is 4.99 Å². The number of rotatable bonds is 11. The Balaban J connectivity index is 0.00000512. The van der Waals surface area contributed by atoms with Crippen molar-refractivity contribution >= 4 is 39.8 Å². The highest BCUT2D eigenvalue weighted by Gasteiger charge is 2.21. The third kappa shape index (κ3) is 8.50. The van der Waals surface area contributed by atoms with E-state index in [1.807, 2.05) is 38.1 Å². The first-order valence-electron chi connectivity index (χ1n) is 10.5. The molecule has 0 aliphatic heterocycles. The number of benzene rings is 2. The molecule has 0 heterocycles. The Morgan fingerprint density at radius 2 is 1.72 bits per heavy atom. The highest BCUT2D eigenvalue weighted by atomic mass is 127. The molecule has 32 heavy (non-hydrogen) atoms. The molecule has 2 rings (SSSR count). The van der Waals surface area contributed by atoms with Crippen molar-refractivity contribution in [3.05, 3.63) is 54.1 Å². The quantitative estimate of drug-likeness (QED) is 0.242. The predicted octanol–water partition coefficient (Wildman–Crippen LogP) is 3.67. The Hall–Kier alpha value is -2.01. The van der Waals surface area contributed by atoms with Gasteiger partial charge in [0.25, 0.3) is 0 Å². The molecule has 9 heteroatoms. The van der Waals surface area contributed by atoms with Crippen molar-refractivity contribution in [2.75, 3.05) is 33.1 Å². The molecule has 0 amide bonds. The van der Waals surface area contributed by atoms with E-state index in [1.165, 1.54) is 0 Å². The number of hydrogen-bond donors (Lipinski definition) is 2. The van der Waals surface area contributed by atoms with Crippen molar-refractivity contribution in [2.24, 2.45) is 4.99 Å². The molecule has 0 aliphatic rings. The van der Waals surface area contributed by atoms with E-state index in [4.69, 9.17) is 9.47 Å². The van der Waals surface area contributed by atoms with Crippen LogP contribution in [0, 0.1) is 0 Å². The summed E-state index contributed by atoms with van der Waals surface area (Å²) in [5.74, 6) is 1.99. The smallest absolute Gasteiger partial charge is 0.191 e. The Morgan fingerprint density at radius 3 is 2.31 bits per heavy atom. The number of aliphatic imine (C=N–C) groups is 1. The Labute approximate surface area is 208 Å². The van der Waals surface area contributed by atoms with E-state index in [0.29, 0.717) is 41.9 Å². The number of methoxy groups -OCH3 is 2. The van der Waals surface area contributed by atoms with Gasteiger partial charge < -0.3 is 20.1 Å². The van der Waals surface area contributed by atoms with E-state index in [-0.39, 0.29) is 35.8 Å². The second kappa shape index (κ2) is 14.2. The largest absolute Gasteiger partial charge is 0.493 e. The minimum absolute atomic E-state index is 0. The minimum atomic E-state index is -3.38. The van der Waals surface area contributed by atoms with Crippen LogP contribution in [0.25, 0.3) is 0 Å². The molecule has 1 atom stereocenters. The molecule has 2 aromatic carbocycles. The number of hydrogen-bond acceptors (Lipinski definition) is 5. The molecule has 0 saturated heterocycles. The summed E-state index contributed by atoms with van der Waals surface area (Å²) in [6.07, 6.45) is 1.38. The van der Waals surface area contributed by atoms with Crippen molar-refractivity contribution in [1.82, 2.24) is 10.6 Å². The summed E-state index contributed by atoms with van der Waals surface area (Å²) in [5, 5.41) is 6.47. The standard InChI is InChI=1S/C23H33N3O4S.HI/c1-5-19(17-31(27,28)20-10-8-7-9-11-20)26-23(24-6-2)25-15-14-18-12-13-21(29-3)22(16-18)30-4;/h7-13,16,19H,5-6,14-15,17H2,1-4H3,(H2,24,25,26);1H. The molecule has 178 valence electrons. The molecule has 0 aromatic heterocycles. The van der Waals surface area contributed by atoms with E-state index in [9.17, 15) is 8.42 Å². The van der Waals surface area contributed by atoms with Crippen LogP contribution in [0.1, 0.15) is 25.8 Å². The number of halogens is 1. The lowest BCUT2D eigenvalue weighted by Gasteiger charge is -2.20. The van der Waals surface area contributed by atoms with E-state index in [1.54, 1.807) is 38.5 Å². The molecule has 0 bridgehead atoms. The Morgan fingerprint density at radius 1 is 1.03 bits per heavy atom. The van der Waals surface area contributed by atoms with Crippen LogP contribution in [0.2, 0.25) is 0 Å². The van der Waals surface area contributed by atoms with E-state index >= 15 is 0 Å². The van der Waals surface area contributed by atoms with Crippen LogP contribution >= 0.6 is 24.0 Å². The number of sulfone groups is 1. The fourth-order valence-electron chi connectivity index (χ4n) is 3.10. The monoisotopic (exact) mass is 575 g/mol. The number of nitrogens with one attached hydrogen (secondary N) is 2. The Bertz CT molecular complexity index is 953. The summed E-state index contributed by atoms with van der Waals surface area (Å²) in [7, 11) is -0.159. The molecule has 0 radical (unpaired) electrons. The van der Waals surface area contributed by atoms with Crippen molar-refractivity contribution < 1.29 is 17.9 Å². The number of guanidine groups is 1. The van der Waals surface area contributed by atoms with E-state index in [0.717, 1.165) is 12.0 Å². The minimum Gasteiger partial charge on any atom is -0.493 e. The van der Waals surface area contributed by atoms with Crippen LogP contribution in [0.15, 0.2) is 58.4 Å². The topological polar surface area (TPSA) is 89.0 Å². The van der Waals surface area contributed by atoms with Crippen molar-refractivity contribution in [2.45, 2.75) is 37.6 Å². The lowest BCUT2D eigenvalue weighted by atomic mass is 10.1. The molecule has 2 aromatic rings. The zero-order valence-corrected chi connectivity index (χ0v) is 22.3. The van der Waals surface area contributed by atoms with Crippen molar-refractivity contribution in [1.29, 1.82) is 0 Å². The van der Waals surface area contributed by atoms with Gasteiger partial charge in [0, 0.05) is 19.1 Å². The van der Waals surface area contributed by atoms with Crippen LogP contribution < -0.4 is 20.1 Å². The molecular weight excluding hydrogens is 541 g/mol. The van der Waals surface area contributed by atoms with Crippen LogP contribution in [0.4, 0.5) is 0 Å². The highest BCUT2D eigenvalue weighted by Crippen LogP contribution is 2.27. The summed E-state index contributed by atoms with van der Waals surface area (Å²) in [6, 6.07) is 14.1. The van der Waals surface area contributed by atoms with Gasteiger partial charge in [-0.25, -0.2) is 8.42 Å². The molecule has 2 N–H and O–H groups in total. The third-order valence-electron chi connectivity index (χ3n) is 4.82. The van der Waals surface area contributed by atoms with Crippen LogP contribution in [-0.4, -0.2) is 53.5 Å². The van der Waals surface area contributed by atoms with Crippen LogP contribution in [0.5, 0.6) is 11.5 Å². The summed E-state index contributed by atoms with van der Waals surface area (Å²) in [4.78, 5) is 4.96. The summed E-state index contributed by atoms with van der Waals surface area (Å²) >= 11 is 0.